The third-order valence-electron chi connectivity index (χ3n) is 3.34. The number of rotatable bonds is 3. The first-order chi connectivity index (χ1) is 8.97. The summed E-state index contributed by atoms with van der Waals surface area (Å²) in [6.45, 7) is 3.42. The summed E-state index contributed by atoms with van der Waals surface area (Å²) in [5.41, 5.74) is 0.667. The van der Waals surface area contributed by atoms with E-state index in [1.807, 2.05) is 6.07 Å². The molecule has 1 amide bonds. The molecule has 0 aliphatic rings. The molecule has 0 fully saturated rings. The summed E-state index contributed by atoms with van der Waals surface area (Å²) in [7, 11) is 1.64. The Morgan fingerprint density at radius 3 is 2.79 bits per heavy atom. The third-order valence-corrected chi connectivity index (χ3v) is 4.59. The molecule has 0 aliphatic carbocycles. The first-order valence-electron chi connectivity index (χ1n) is 6.03. The van der Waals surface area contributed by atoms with Gasteiger partial charge in [-0.3, -0.25) is 4.79 Å². The maximum absolute atomic E-state index is 13.8. The van der Waals surface area contributed by atoms with Crippen molar-refractivity contribution in [2.45, 2.75) is 19.9 Å². The molecule has 1 N–H and O–H groups in total. The van der Waals surface area contributed by atoms with Crippen molar-refractivity contribution in [2.24, 2.45) is 0 Å². The summed E-state index contributed by atoms with van der Waals surface area (Å²) in [6, 6.07) is 4.59. The van der Waals surface area contributed by atoms with Crippen molar-refractivity contribution in [1.29, 1.82) is 0 Å². The zero-order chi connectivity index (χ0) is 14.2. The molecule has 0 spiro atoms. The molecule has 1 aromatic heterocycles. The number of hydrogen-bond donors (Lipinski definition) is 1. The van der Waals surface area contributed by atoms with Crippen molar-refractivity contribution in [3.05, 3.63) is 34.5 Å². The van der Waals surface area contributed by atoms with Crippen molar-refractivity contribution < 1.29 is 14.3 Å². The van der Waals surface area contributed by atoms with E-state index in [-0.39, 0.29) is 24.4 Å². The number of carbonyl (C=O) groups is 1. The summed E-state index contributed by atoms with van der Waals surface area (Å²) >= 11 is 1.29. The minimum Gasteiger partial charge on any atom is -0.394 e. The number of aliphatic hydroxyl groups excluding tert-OH is 1. The summed E-state index contributed by atoms with van der Waals surface area (Å²) in [6.07, 6.45) is 0. The number of fused-ring (bicyclic) bond motifs is 1. The Morgan fingerprint density at radius 1 is 1.53 bits per heavy atom. The number of aryl methyl sites for hydroxylation is 1. The average Bonchev–Trinajstić information content (AvgIpc) is 2.74. The number of aliphatic hydroxyl groups is 1. The van der Waals surface area contributed by atoms with Crippen molar-refractivity contribution in [1.82, 2.24) is 4.90 Å². The first-order valence-corrected chi connectivity index (χ1v) is 6.84. The molecule has 0 aliphatic heterocycles. The molecule has 2 rings (SSSR count). The van der Waals surface area contributed by atoms with E-state index in [0.29, 0.717) is 15.8 Å². The monoisotopic (exact) mass is 281 g/mol. The normalized spacial score (nSPS) is 12.7. The van der Waals surface area contributed by atoms with Crippen LogP contribution in [0.5, 0.6) is 0 Å². The molecule has 2 aromatic rings. The van der Waals surface area contributed by atoms with Crippen LogP contribution < -0.4 is 0 Å². The van der Waals surface area contributed by atoms with Gasteiger partial charge in [0.05, 0.1) is 17.5 Å². The molecular formula is C14H16FNO2S. The smallest absolute Gasteiger partial charge is 0.264 e. The van der Waals surface area contributed by atoms with Crippen molar-refractivity contribution >= 4 is 27.3 Å². The van der Waals surface area contributed by atoms with Crippen LogP contribution in [-0.4, -0.2) is 35.6 Å². The lowest BCUT2D eigenvalue weighted by molar-refractivity contribution is 0.0686. The van der Waals surface area contributed by atoms with E-state index in [9.17, 15) is 9.18 Å². The van der Waals surface area contributed by atoms with Crippen LogP contribution in [0, 0.1) is 12.7 Å². The quantitative estimate of drug-likeness (QED) is 0.940. The lowest BCUT2D eigenvalue weighted by Crippen LogP contribution is -2.37. The highest BCUT2D eigenvalue weighted by atomic mass is 32.1. The van der Waals surface area contributed by atoms with Gasteiger partial charge in [0.15, 0.2) is 0 Å². The van der Waals surface area contributed by atoms with E-state index in [1.165, 1.54) is 22.3 Å². The highest BCUT2D eigenvalue weighted by molar-refractivity contribution is 7.21. The van der Waals surface area contributed by atoms with Crippen LogP contribution in [0.3, 0.4) is 0 Å². The Labute approximate surface area is 115 Å². The van der Waals surface area contributed by atoms with Gasteiger partial charge >= 0.3 is 0 Å². The fourth-order valence-electron chi connectivity index (χ4n) is 1.94. The molecule has 0 saturated carbocycles. The lowest BCUT2D eigenvalue weighted by atomic mass is 10.1. The van der Waals surface area contributed by atoms with Gasteiger partial charge in [-0.15, -0.1) is 11.3 Å². The lowest BCUT2D eigenvalue weighted by Gasteiger charge is -2.22. The van der Waals surface area contributed by atoms with Crippen molar-refractivity contribution in [3.63, 3.8) is 0 Å². The molecule has 1 aromatic carbocycles. The Bertz CT molecular complexity index is 623. The predicted octanol–water partition coefficient (Wildman–Crippen LogP) is 2.80. The largest absolute Gasteiger partial charge is 0.394 e. The molecule has 0 radical (unpaired) electrons. The second kappa shape index (κ2) is 5.27. The van der Waals surface area contributed by atoms with E-state index in [0.717, 1.165) is 4.70 Å². The fourth-order valence-corrected chi connectivity index (χ4v) is 3.15. The first kappa shape index (κ1) is 14.0. The number of likely N-dealkylation sites (N-methyl/N-ethyl adjacent to an activating group) is 1. The zero-order valence-corrected chi connectivity index (χ0v) is 11.9. The van der Waals surface area contributed by atoms with Gasteiger partial charge in [-0.25, -0.2) is 4.39 Å². The summed E-state index contributed by atoms with van der Waals surface area (Å²) in [5, 5.41) is 9.62. The van der Waals surface area contributed by atoms with E-state index in [2.05, 4.69) is 0 Å². The van der Waals surface area contributed by atoms with E-state index in [4.69, 9.17) is 5.11 Å². The Balaban J connectivity index is 2.49. The van der Waals surface area contributed by atoms with Gasteiger partial charge in [-0.05, 0) is 31.5 Å². The number of halogens is 1. The van der Waals surface area contributed by atoms with Gasteiger partial charge in [0.1, 0.15) is 5.82 Å². The maximum atomic E-state index is 13.8. The van der Waals surface area contributed by atoms with Gasteiger partial charge in [0, 0.05) is 17.1 Å². The number of thiophene rings is 1. The molecule has 0 bridgehead atoms. The minimum atomic E-state index is -0.303. The molecule has 1 heterocycles. The SMILES string of the molecule is Cc1c(C(=O)N(C)C(C)CO)sc2cccc(F)c12. The van der Waals surface area contributed by atoms with E-state index >= 15 is 0 Å². The van der Waals surface area contributed by atoms with Crippen LogP contribution in [0.1, 0.15) is 22.2 Å². The minimum absolute atomic E-state index is 0.0967. The number of nitrogens with zero attached hydrogens (tertiary/aromatic N) is 1. The second-order valence-electron chi connectivity index (χ2n) is 4.62. The standard InChI is InChI=1S/C14H16FNO2S/c1-8(7-17)16(3)14(18)13-9(2)12-10(15)5-4-6-11(12)19-13/h4-6,8,17H,7H2,1-3H3. The fraction of sp³-hybridized carbons (Fsp3) is 0.357. The molecule has 102 valence electrons. The van der Waals surface area contributed by atoms with Gasteiger partial charge in [0.2, 0.25) is 0 Å². The van der Waals surface area contributed by atoms with Crippen LogP contribution in [0.15, 0.2) is 18.2 Å². The van der Waals surface area contributed by atoms with E-state index in [1.54, 1.807) is 27.0 Å². The molecule has 1 unspecified atom stereocenters. The number of hydrogen-bond acceptors (Lipinski definition) is 3. The van der Waals surface area contributed by atoms with Crippen molar-refractivity contribution in [2.75, 3.05) is 13.7 Å². The third kappa shape index (κ3) is 2.35. The summed E-state index contributed by atoms with van der Waals surface area (Å²) in [5.74, 6) is -0.484. The van der Waals surface area contributed by atoms with Crippen LogP contribution >= 0.6 is 11.3 Å². The van der Waals surface area contributed by atoms with Crippen LogP contribution in [-0.2, 0) is 0 Å². The Morgan fingerprint density at radius 2 is 2.21 bits per heavy atom. The zero-order valence-electron chi connectivity index (χ0n) is 11.1. The maximum Gasteiger partial charge on any atom is 0.264 e. The van der Waals surface area contributed by atoms with Crippen LogP contribution in [0.4, 0.5) is 4.39 Å². The van der Waals surface area contributed by atoms with Crippen LogP contribution in [0.2, 0.25) is 0 Å². The molecule has 5 heteroatoms. The predicted molar refractivity (Wildman–Crippen MR) is 75.2 cm³/mol. The molecule has 3 nitrogen and oxygen atoms in total. The number of carbonyl (C=O) groups excluding carboxylic acids is 1. The molecular weight excluding hydrogens is 265 g/mol. The Kier molecular flexibility index (Phi) is 3.87. The number of amides is 1. The molecule has 0 saturated heterocycles. The van der Waals surface area contributed by atoms with Crippen LogP contribution in [0.25, 0.3) is 10.1 Å². The second-order valence-corrected chi connectivity index (χ2v) is 5.67. The number of benzene rings is 1. The Hall–Kier alpha value is -1.46. The summed E-state index contributed by atoms with van der Waals surface area (Å²) < 4.78 is 14.6. The van der Waals surface area contributed by atoms with Gasteiger partial charge in [0.25, 0.3) is 5.91 Å². The molecule has 1 atom stereocenters. The van der Waals surface area contributed by atoms with Crippen molar-refractivity contribution in [3.8, 4) is 0 Å². The topological polar surface area (TPSA) is 40.5 Å². The average molecular weight is 281 g/mol. The highest BCUT2D eigenvalue weighted by Gasteiger charge is 2.22. The highest BCUT2D eigenvalue weighted by Crippen LogP contribution is 2.33. The van der Waals surface area contributed by atoms with E-state index < -0.39 is 0 Å². The van der Waals surface area contributed by atoms with Gasteiger partial charge in [-0.2, -0.15) is 0 Å². The summed E-state index contributed by atoms with van der Waals surface area (Å²) in [4.78, 5) is 14.4. The molecule has 19 heavy (non-hydrogen) atoms. The van der Waals surface area contributed by atoms with Gasteiger partial charge in [-0.1, -0.05) is 6.07 Å². The van der Waals surface area contributed by atoms with Gasteiger partial charge < -0.3 is 10.0 Å².